The van der Waals surface area contributed by atoms with E-state index in [1.54, 1.807) is 0 Å². The monoisotopic (exact) mass is 360 g/mol. The van der Waals surface area contributed by atoms with E-state index in [4.69, 9.17) is 9.47 Å². The first-order valence-electron chi connectivity index (χ1n) is 9.96. The first-order valence-corrected chi connectivity index (χ1v) is 13.7. The van der Waals surface area contributed by atoms with E-state index < -0.39 is 8.07 Å². The number of rotatable bonds is 5. The van der Waals surface area contributed by atoms with Crippen LogP contribution in [0.5, 0.6) is 5.75 Å². The summed E-state index contributed by atoms with van der Waals surface area (Å²) < 4.78 is 12.7. The van der Waals surface area contributed by atoms with Crippen molar-refractivity contribution in [3.8, 4) is 5.75 Å². The van der Waals surface area contributed by atoms with Gasteiger partial charge in [0, 0.05) is 27.2 Å². The predicted molar refractivity (Wildman–Crippen MR) is 108 cm³/mol. The lowest BCUT2D eigenvalue weighted by Gasteiger charge is -2.56. The van der Waals surface area contributed by atoms with Crippen molar-refractivity contribution < 1.29 is 9.47 Å². The summed E-state index contributed by atoms with van der Waals surface area (Å²) in [7, 11) is -1.00. The maximum absolute atomic E-state index is 6.54. The number of hydrogen-bond acceptors (Lipinski definition) is 2. The van der Waals surface area contributed by atoms with Gasteiger partial charge in [0.25, 0.3) is 0 Å². The third kappa shape index (κ3) is 3.98. The van der Waals surface area contributed by atoms with E-state index in [9.17, 15) is 0 Å². The third-order valence-corrected chi connectivity index (χ3v) is 8.44. The van der Waals surface area contributed by atoms with Gasteiger partial charge in [-0.3, -0.25) is 0 Å². The Morgan fingerprint density at radius 1 is 1.16 bits per heavy atom. The Kier molecular flexibility index (Phi) is 5.11. The summed E-state index contributed by atoms with van der Waals surface area (Å²) in [6.07, 6.45) is 3.47. The average Bonchev–Trinajstić information content (AvgIpc) is 2.51. The van der Waals surface area contributed by atoms with Gasteiger partial charge in [0.1, 0.15) is 11.4 Å². The molecule has 1 saturated carbocycles. The van der Waals surface area contributed by atoms with Crippen molar-refractivity contribution in [1.29, 1.82) is 0 Å². The van der Waals surface area contributed by atoms with Gasteiger partial charge in [0.2, 0.25) is 0 Å². The standard InChI is InChI=1S/C22H36O2Si/c1-21(2)18(16-23-13-14-25(4,5)6)11-12-22(3)20(21)15-17-9-7-8-10-19(17)24-22/h7-10,18,20H,11-16H2,1-6H3/t18-,20+,22+/m0/s1. The third-order valence-electron chi connectivity index (χ3n) is 6.73. The molecule has 1 aromatic rings. The molecule has 0 aromatic heterocycles. The van der Waals surface area contributed by atoms with Crippen molar-refractivity contribution in [1.82, 2.24) is 0 Å². The van der Waals surface area contributed by atoms with E-state index in [0.29, 0.717) is 11.8 Å². The van der Waals surface area contributed by atoms with Crippen LogP contribution in [0.4, 0.5) is 0 Å². The van der Waals surface area contributed by atoms with Crippen molar-refractivity contribution in [3.63, 3.8) is 0 Å². The van der Waals surface area contributed by atoms with Crippen LogP contribution >= 0.6 is 0 Å². The SMILES string of the molecule is CC1(C)[C@H](COCC[Si](C)(C)C)CC[C@@]2(C)Oc3ccccc3C[C@H]12. The second-order valence-corrected chi connectivity index (χ2v) is 15.8. The fourth-order valence-electron chi connectivity index (χ4n) is 4.82. The molecule has 1 heterocycles. The number of para-hydroxylation sites is 1. The fraction of sp³-hybridized carbons (Fsp3) is 0.727. The second kappa shape index (κ2) is 6.73. The first-order chi connectivity index (χ1) is 11.6. The van der Waals surface area contributed by atoms with Crippen LogP contribution in [0.25, 0.3) is 0 Å². The molecule has 3 atom stereocenters. The molecule has 2 nitrogen and oxygen atoms in total. The lowest BCUT2D eigenvalue weighted by Crippen LogP contribution is -2.57. The van der Waals surface area contributed by atoms with Gasteiger partial charge in [-0.15, -0.1) is 0 Å². The molecule has 2 aliphatic rings. The fourth-order valence-corrected chi connectivity index (χ4v) is 5.58. The summed E-state index contributed by atoms with van der Waals surface area (Å²) >= 11 is 0. The van der Waals surface area contributed by atoms with Crippen molar-refractivity contribution >= 4 is 8.07 Å². The van der Waals surface area contributed by atoms with E-state index in [2.05, 4.69) is 64.7 Å². The molecule has 25 heavy (non-hydrogen) atoms. The average molecular weight is 361 g/mol. The maximum atomic E-state index is 6.54. The van der Waals surface area contributed by atoms with Crippen LogP contribution in [0, 0.1) is 17.3 Å². The van der Waals surface area contributed by atoms with Crippen LogP contribution in [0.1, 0.15) is 39.2 Å². The molecule has 1 aliphatic carbocycles. The van der Waals surface area contributed by atoms with E-state index in [1.807, 2.05) is 0 Å². The normalized spacial score (nSPS) is 31.0. The van der Waals surface area contributed by atoms with Crippen molar-refractivity contribution in [2.45, 2.75) is 71.3 Å². The Hall–Kier alpha value is -0.803. The molecule has 0 unspecified atom stereocenters. The van der Waals surface area contributed by atoms with Crippen molar-refractivity contribution in [3.05, 3.63) is 29.8 Å². The summed E-state index contributed by atoms with van der Waals surface area (Å²) in [5.74, 6) is 2.28. The Balaban J connectivity index is 1.69. The smallest absolute Gasteiger partial charge is 0.123 e. The summed E-state index contributed by atoms with van der Waals surface area (Å²) in [5.41, 5.74) is 1.57. The molecule has 0 amide bonds. The summed E-state index contributed by atoms with van der Waals surface area (Å²) in [6, 6.07) is 9.86. The molecule has 0 N–H and O–H groups in total. The molecule has 1 fully saturated rings. The van der Waals surface area contributed by atoms with Crippen LogP contribution in [0.15, 0.2) is 24.3 Å². The van der Waals surface area contributed by atoms with E-state index in [1.165, 1.54) is 18.0 Å². The molecule has 3 rings (SSSR count). The molecular weight excluding hydrogens is 324 g/mol. The van der Waals surface area contributed by atoms with Gasteiger partial charge in [-0.1, -0.05) is 51.7 Å². The number of hydrogen-bond donors (Lipinski definition) is 0. The Morgan fingerprint density at radius 2 is 1.88 bits per heavy atom. The Bertz CT molecular complexity index is 604. The predicted octanol–water partition coefficient (Wildman–Crippen LogP) is 5.79. The van der Waals surface area contributed by atoms with Gasteiger partial charge < -0.3 is 9.47 Å². The molecule has 140 valence electrons. The minimum absolute atomic E-state index is 0.0350. The topological polar surface area (TPSA) is 18.5 Å². The highest BCUT2D eigenvalue weighted by Crippen LogP contribution is 2.55. The number of ether oxygens (including phenoxy) is 2. The van der Waals surface area contributed by atoms with Gasteiger partial charge in [-0.2, -0.15) is 0 Å². The number of fused-ring (bicyclic) bond motifs is 2. The summed E-state index contributed by atoms with van der Waals surface area (Å²) in [4.78, 5) is 0. The van der Waals surface area contributed by atoms with Crippen LogP contribution in [0.3, 0.4) is 0 Å². The zero-order valence-electron chi connectivity index (χ0n) is 17.0. The maximum Gasteiger partial charge on any atom is 0.123 e. The van der Waals surface area contributed by atoms with Gasteiger partial charge in [0.05, 0.1) is 0 Å². The van der Waals surface area contributed by atoms with E-state index in [-0.39, 0.29) is 11.0 Å². The zero-order chi connectivity index (χ0) is 18.3. The van der Waals surface area contributed by atoms with Gasteiger partial charge in [-0.25, -0.2) is 0 Å². The minimum Gasteiger partial charge on any atom is -0.487 e. The Labute approximate surface area is 155 Å². The summed E-state index contributed by atoms with van der Waals surface area (Å²) in [6.45, 7) is 16.3. The van der Waals surface area contributed by atoms with Crippen LogP contribution in [0.2, 0.25) is 25.7 Å². The van der Waals surface area contributed by atoms with Gasteiger partial charge >= 0.3 is 0 Å². The molecule has 0 saturated heterocycles. The lowest BCUT2D eigenvalue weighted by molar-refractivity contribution is -0.123. The molecule has 3 heteroatoms. The van der Waals surface area contributed by atoms with Crippen molar-refractivity contribution in [2.24, 2.45) is 17.3 Å². The molecular formula is C22H36O2Si. The molecule has 1 aliphatic heterocycles. The highest BCUT2D eigenvalue weighted by atomic mass is 28.3. The van der Waals surface area contributed by atoms with Gasteiger partial charge in [0.15, 0.2) is 0 Å². The van der Waals surface area contributed by atoms with Crippen LogP contribution in [-0.2, 0) is 11.2 Å². The van der Waals surface area contributed by atoms with Crippen LogP contribution < -0.4 is 4.74 Å². The molecule has 0 radical (unpaired) electrons. The summed E-state index contributed by atoms with van der Waals surface area (Å²) in [5, 5.41) is 0. The lowest BCUT2D eigenvalue weighted by atomic mass is 9.54. The van der Waals surface area contributed by atoms with Crippen LogP contribution in [-0.4, -0.2) is 26.9 Å². The highest BCUT2D eigenvalue weighted by molar-refractivity contribution is 6.76. The molecule has 0 bridgehead atoms. The second-order valence-electron chi connectivity index (χ2n) is 10.2. The zero-order valence-corrected chi connectivity index (χ0v) is 18.0. The highest BCUT2D eigenvalue weighted by Gasteiger charge is 2.54. The first kappa shape index (κ1) is 19.0. The largest absolute Gasteiger partial charge is 0.487 e. The quantitative estimate of drug-likeness (QED) is 0.489. The Morgan fingerprint density at radius 3 is 2.60 bits per heavy atom. The van der Waals surface area contributed by atoms with E-state index >= 15 is 0 Å². The van der Waals surface area contributed by atoms with E-state index in [0.717, 1.165) is 31.8 Å². The van der Waals surface area contributed by atoms with Gasteiger partial charge in [-0.05, 0) is 55.2 Å². The number of benzene rings is 1. The molecule has 0 spiro atoms. The van der Waals surface area contributed by atoms with Crippen molar-refractivity contribution in [2.75, 3.05) is 13.2 Å². The minimum atomic E-state index is -1.00. The molecule has 1 aromatic carbocycles.